The molecule has 1 rings (SSSR count). The van der Waals surface area contributed by atoms with Crippen molar-refractivity contribution >= 4 is 6.03 Å². The van der Waals surface area contributed by atoms with Crippen LogP contribution in [0.15, 0.2) is 0 Å². The van der Waals surface area contributed by atoms with Crippen LogP contribution in [0, 0.1) is 5.92 Å². The van der Waals surface area contributed by atoms with Gasteiger partial charge in [-0.15, -0.1) is 0 Å². The van der Waals surface area contributed by atoms with Gasteiger partial charge in [-0.25, -0.2) is 4.79 Å². The van der Waals surface area contributed by atoms with E-state index in [9.17, 15) is 18.0 Å². The fourth-order valence-corrected chi connectivity index (χ4v) is 1.08. The minimum atomic E-state index is -4.34. The summed E-state index contributed by atoms with van der Waals surface area (Å²) in [5.41, 5.74) is 0. The molecule has 0 aromatic heterocycles. The number of halogens is 3. The third kappa shape index (κ3) is 4.34. The predicted octanol–water partition coefficient (Wildman–Crippen LogP) is 1.60. The molecule has 0 aromatic carbocycles. The van der Waals surface area contributed by atoms with Crippen LogP contribution in [0.4, 0.5) is 18.0 Å². The van der Waals surface area contributed by atoms with Crippen LogP contribution < -0.4 is 5.32 Å². The van der Waals surface area contributed by atoms with Crippen molar-refractivity contribution in [2.75, 3.05) is 20.1 Å². The lowest BCUT2D eigenvalue weighted by Gasteiger charge is -2.18. The molecule has 1 fully saturated rings. The number of urea groups is 1. The Kier molecular flexibility index (Phi) is 3.23. The molecule has 0 unspecified atom stereocenters. The molecule has 2 amide bonds. The van der Waals surface area contributed by atoms with Crippen molar-refractivity contribution in [2.24, 2.45) is 5.92 Å². The first-order valence-corrected chi connectivity index (χ1v) is 4.44. The van der Waals surface area contributed by atoms with E-state index >= 15 is 0 Å². The van der Waals surface area contributed by atoms with Gasteiger partial charge in [-0.2, -0.15) is 13.2 Å². The number of carbonyl (C=O) groups is 1. The molecule has 0 radical (unpaired) electrons. The van der Waals surface area contributed by atoms with Gasteiger partial charge in [0.25, 0.3) is 0 Å². The first kappa shape index (κ1) is 11.1. The van der Waals surface area contributed by atoms with Gasteiger partial charge in [0, 0.05) is 13.6 Å². The first-order valence-electron chi connectivity index (χ1n) is 4.44. The van der Waals surface area contributed by atoms with Gasteiger partial charge in [0.15, 0.2) is 0 Å². The predicted molar refractivity (Wildman–Crippen MR) is 44.8 cm³/mol. The van der Waals surface area contributed by atoms with Gasteiger partial charge in [0.2, 0.25) is 0 Å². The van der Waals surface area contributed by atoms with Crippen molar-refractivity contribution in [1.82, 2.24) is 10.2 Å². The lowest BCUT2D eigenvalue weighted by Crippen LogP contribution is -2.42. The maximum atomic E-state index is 11.7. The van der Waals surface area contributed by atoms with Crippen LogP contribution in [0.2, 0.25) is 0 Å². The van der Waals surface area contributed by atoms with Crippen LogP contribution >= 0.6 is 0 Å². The number of alkyl halides is 3. The Morgan fingerprint density at radius 3 is 2.50 bits per heavy atom. The molecule has 1 N–H and O–H groups in total. The number of amides is 2. The molecule has 3 nitrogen and oxygen atoms in total. The summed E-state index contributed by atoms with van der Waals surface area (Å²) in [5, 5.41) is 1.82. The molecule has 0 aromatic rings. The molecule has 0 aliphatic heterocycles. The third-order valence-corrected chi connectivity index (χ3v) is 2.02. The Balaban J connectivity index is 2.19. The molecule has 0 heterocycles. The van der Waals surface area contributed by atoms with Crippen molar-refractivity contribution in [3.8, 4) is 0 Å². The van der Waals surface area contributed by atoms with E-state index in [1.807, 2.05) is 5.32 Å². The van der Waals surface area contributed by atoms with Gasteiger partial charge in [0.05, 0.1) is 0 Å². The van der Waals surface area contributed by atoms with Crippen LogP contribution in [-0.2, 0) is 0 Å². The lowest BCUT2D eigenvalue weighted by molar-refractivity contribution is -0.123. The smallest absolute Gasteiger partial charge is 0.329 e. The van der Waals surface area contributed by atoms with Gasteiger partial charge in [-0.3, -0.25) is 0 Å². The van der Waals surface area contributed by atoms with E-state index in [1.165, 1.54) is 11.9 Å². The Morgan fingerprint density at radius 1 is 1.50 bits per heavy atom. The number of nitrogens with one attached hydrogen (secondary N) is 1. The van der Waals surface area contributed by atoms with E-state index in [0.29, 0.717) is 12.5 Å². The minimum absolute atomic E-state index is 0.483. The van der Waals surface area contributed by atoms with Crippen LogP contribution in [-0.4, -0.2) is 37.2 Å². The van der Waals surface area contributed by atoms with E-state index in [-0.39, 0.29) is 0 Å². The maximum Gasteiger partial charge on any atom is 0.405 e. The lowest BCUT2D eigenvalue weighted by atomic mass is 10.4. The van der Waals surface area contributed by atoms with E-state index in [4.69, 9.17) is 0 Å². The Labute approximate surface area is 80.3 Å². The first-order chi connectivity index (χ1) is 6.38. The minimum Gasteiger partial charge on any atom is -0.329 e. The standard InChI is InChI=1S/C8H13F3N2O/c1-13(4-6-2-3-6)7(14)12-5-8(9,10)11/h6H,2-5H2,1H3,(H,12,14). The summed E-state index contributed by atoms with van der Waals surface area (Å²) in [6.45, 7) is -0.718. The van der Waals surface area contributed by atoms with Crippen LogP contribution in [0.1, 0.15) is 12.8 Å². The molecule has 1 aliphatic carbocycles. The molecular formula is C8H13F3N2O. The van der Waals surface area contributed by atoms with Crippen LogP contribution in [0.25, 0.3) is 0 Å². The normalized spacial score (nSPS) is 16.6. The summed E-state index contributed by atoms with van der Waals surface area (Å²) in [5.74, 6) is 0.483. The number of carbonyl (C=O) groups excluding carboxylic acids is 1. The van der Waals surface area contributed by atoms with Crippen molar-refractivity contribution in [3.63, 3.8) is 0 Å². The second-order valence-electron chi connectivity index (χ2n) is 3.60. The fourth-order valence-electron chi connectivity index (χ4n) is 1.08. The van der Waals surface area contributed by atoms with E-state index in [2.05, 4.69) is 0 Å². The molecule has 82 valence electrons. The average Bonchev–Trinajstić information content (AvgIpc) is 2.82. The Bertz CT molecular complexity index is 213. The molecule has 6 heteroatoms. The average molecular weight is 210 g/mol. The molecule has 0 bridgehead atoms. The zero-order valence-electron chi connectivity index (χ0n) is 7.90. The topological polar surface area (TPSA) is 32.3 Å². The summed E-state index contributed by atoms with van der Waals surface area (Å²) in [6, 6.07) is -0.658. The zero-order chi connectivity index (χ0) is 10.8. The molecule has 1 aliphatic rings. The van der Waals surface area contributed by atoms with Crippen molar-refractivity contribution < 1.29 is 18.0 Å². The highest BCUT2D eigenvalue weighted by molar-refractivity contribution is 5.73. The number of hydrogen-bond donors (Lipinski definition) is 1. The van der Waals surface area contributed by atoms with Crippen LogP contribution in [0.3, 0.4) is 0 Å². The quantitative estimate of drug-likeness (QED) is 0.753. The van der Waals surface area contributed by atoms with Gasteiger partial charge >= 0.3 is 12.2 Å². The van der Waals surface area contributed by atoms with Gasteiger partial charge in [-0.05, 0) is 18.8 Å². The molecule has 0 saturated heterocycles. The summed E-state index contributed by atoms with van der Waals surface area (Å²) in [4.78, 5) is 12.4. The number of nitrogens with zero attached hydrogens (tertiary/aromatic N) is 1. The maximum absolute atomic E-state index is 11.7. The fraction of sp³-hybridized carbons (Fsp3) is 0.875. The van der Waals surface area contributed by atoms with E-state index < -0.39 is 18.8 Å². The summed E-state index contributed by atoms with van der Waals surface area (Å²) in [7, 11) is 1.50. The molecule has 14 heavy (non-hydrogen) atoms. The highest BCUT2D eigenvalue weighted by Gasteiger charge is 2.29. The molecule has 0 atom stereocenters. The molecular weight excluding hydrogens is 197 g/mol. The van der Waals surface area contributed by atoms with Crippen LogP contribution in [0.5, 0.6) is 0 Å². The van der Waals surface area contributed by atoms with E-state index in [0.717, 1.165) is 12.8 Å². The number of rotatable bonds is 3. The SMILES string of the molecule is CN(CC1CC1)C(=O)NCC(F)(F)F. The van der Waals surface area contributed by atoms with E-state index in [1.54, 1.807) is 0 Å². The monoisotopic (exact) mass is 210 g/mol. The third-order valence-electron chi connectivity index (χ3n) is 2.02. The van der Waals surface area contributed by atoms with Crippen molar-refractivity contribution in [2.45, 2.75) is 19.0 Å². The van der Waals surface area contributed by atoms with Crippen molar-refractivity contribution in [1.29, 1.82) is 0 Å². The Morgan fingerprint density at radius 2 is 2.07 bits per heavy atom. The van der Waals surface area contributed by atoms with Gasteiger partial charge in [0.1, 0.15) is 6.54 Å². The largest absolute Gasteiger partial charge is 0.405 e. The summed E-state index contributed by atoms with van der Waals surface area (Å²) >= 11 is 0. The Hall–Kier alpha value is -0.940. The second kappa shape index (κ2) is 4.06. The summed E-state index contributed by atoms with van der Waals surface area (Å²) in [6.07, 6.45) is -2.20. The molecule has 1 saturated carbocycles. The summed E-state index contributed by atoms with van der Waals surface area (Å²) < 4.78 is 35.2. The molecule has 0 spiro atoms. The van der Waals surface area contributed by atoms with Gasteiger partial charge in [-0.1, -0.05) is 0 Å². The second-order valence-corrected chi connectivity index (χ2v) is 3.60. The van der Waals surface area contributed by atoms with Gasteiger partial charge < -0.3 is 10.2 Å². The zero-order valence-corrected chi connectivity index (χ0v) is 7.90. The highest BCUT2D eigenvalue weighted by Crippen LogP contribution is 2.29. The van der Waals surface area contributed by atoms with Crippen molar-refractivity contribution in [3.05, 3.63) is 0 Å². The highest BCUT2D eigenvalue weighted by atomic mass is 19.4. The number of hydrogen-bond acceptors (Lipinski definition) is 1.